The van der Waals surface area contributed by atoms with E-state index < -0.39 is 17.4 Å². The van der Waals surface area contributed by atoms with Gasteiger partial charge in [0, 0.05) is 37.0 Å². The van der Waals surface area contributed by atoms with E-state index in [-0.39, 0.29) is 44.9 Å². The van der Waals surface area contributed by atoms with Gasteiger partial charge in [0.15, 0.2) is 5.82 Å². The van der Waals surface area contributed by atoms with Gasteiger partial charge in [-0.05, 0) is 43.0 Å². The largest absolute Gasteiger partial charge is 0.388 e. The number of halogens is 3. The number of aromatic nitrogens is 5. The molecule has 224 valence electrons. The number of hydrogen-bond acceptors (Lipinski definition) is 7. The molecule has 1 aliphatic rings. The van der Waals surface area contributed by atoms with E-state index in [4.69, 9.17) is 28.9 Å². The summed E-state index contributed by atoms with van der Waals surface area (Å²) in [5, 5.41) is 10.1. The van der Waals surface area contributed by atoms with Gasteiger partial charge in [0.1, 0.15) is 5.16 Å². The fourth-order valence-corrected chi connectivity index (χ4v) is 5.66. The minimum absolute atomic E-state index is 0.000689. The molecule has 2 bridgehead atoms. The molecule has 3 aromatic heterocycles. The molecular weight excluding hydrogens is 594 g/mol. The monoisotopic (exact) mass is 624 g/mol. The number of aryl methyl sites for hydroxylation is 1. The lowest BCUT2D eigenvalue weighted by atomic mass is 9.88. The van der Waals surface area contributed by atoms with E-state index in [2.05, 4.69) is 25.7 Å². The summed E-state index contributed by atoms with van der Waals surface area (Å²) in [4.78, 5) is 36.1. The molecule has 0 saturated carbocycles. The van der Waals surface area contributed by atoms with Crippen LogP contribution in [0.3, 0.4) is 0 Å². The molecule has 43 heavy (non-hydrogen) atoms. The summed E-state index contributed by atoms with van der Waals surface area (Å²) in [5.41, 5.74) is 8.23. The Morgan fingerprint density at radius 3 is 2.72 bits per heavy atom. The third-order valence-corrected chi connectivity index (χ3v) is 8.02. The van der Waals surface area contributed by atoms with Crippen LogP contribution in [0.5, 0.6) is 0 Å². The summed E-state index contributed by atoms with van der Waals surface area (Å²) in [6, 6.07) is 7.41. The van der Waals surface area contributed by atoms with Crippen LogP contribution in [0.4, 0.5) is 15.8 Å². The molecule has 0 spiro atoms. The highest BCUT2D eigenvalue weighted by atomic mass is 35.5. The Balaban J connectivity index is 1.61. The van der Waals surface area contributed by atoms with Crippen LogP contribution in [-0.4, -0.2) is 30.2 Å². The molecule has 0 radical (unpaired) electrons. The number of benzene rings is 1. The number of nitrogens with one attached hydrogen (secondary N) is 2. The average molecular weight is 626 g/mol. The van der Waals surface area contributed by atoms with E-state index in [0.29, 0.717) is 30.6 Å². The van der Waals surface area contributed by atoms with Crippen molar-refractivity contribution in [3.63, 3.8) is 0 Å². The van der Waals surface area contributed by atoms with Gasteiger partial charge in [-0.1, -0.05) is 43.5 Å². The number of fused-ring (bicyclic) bond motifs is 4. The van der Waals surface area contributed by atoms with Crippen molar-refractivity contribution in [1.82, 2.24) is 24.3 Å². The second-order valence-corrected chi connectivity index (χ2v) is 11.6. The topological polar surface area (TPSA) is 133 Å². The standard InChI is InChI=1S/C30H31Cl2FN8O2/c1-16(2)18-5-4-6-24(21-11-17(9-10-35-21)29-23(39-30(18)43)13-38-40(29)3)41-15-37-22(12-26(41)42)27-20(36-14-25(32)34)8-7-19(31)28(27)33/h7-16,18,24,36H,4-6,34H2,1-3H3,(H,39,43)/b25-14-. The van der Waals surface area contributed by atoms with E-state index >= 15 is 4.39 Å². The number of anilines is 2. The highest BCUT2D eigenvalue weighted by molar-refractivity contribution is 6.31. The molecule has 4 N–H and O–H groups in total. The lowest BCUT2D eigenvalue weighted by molar-refractivity contribution is -0.121. The van der Waals surface area contributed by atoms with Crippen molar-refractivity contribution >= 4 is 40.5 Å². The number of nitrogens with zero attached hydrogens (tertiary/aromatic N) is 5. The molecule has 0 aliphatic carbocycles. The number of carbonyl (C=O) groups is 1. The third-order valence-electron chi connectivity index (χ3n) is 7.61. The van der Waals surface area contributed by atoms with Gasteiger partial charge in [0.2, 0.25) is 5.91 Å². The molecule has 1 amide bonds. The minimum atomic E-state index is -0.747. The van der Waals surface area contributed by atoms with Gasteiger partial charge >= 0.3 is 0 Å². The molecular formula is C30H31Cl2FN8O2. The van der Waals surface area contributed by atoms with Gasteiger partial charge in [-0.2, -0.15) is 5.10 Å². The summed E-state index contributed by atoms with van der Waals surface area (Å²) in [5.74, 6) is -0.967. The molecule has 1 aromatic carbocycles. The first-order valence-corrected chi connectivity index (χ1v) is 14.5. The normalized spacial score (nSPS) is 17.6. The van der Waals surface area contributed by atoms with Crippen LogP contribution in [0.2, 0.25) is 5.02 Å². The quantitative estimate of drug-likeness (QED) is 0.236. The van der Waals surface area contributed by atoms with Crippen molar-refractivity contribution in [3.05, 3.63) is 87.3 Å². The van der Waals surface area contributed by atoms with Crippen LogP contribution < -0.4 is 21.9 Å². The second kappa shape index (κ2) is 12.6. The lowest BCUT2D eigenvalue weighted by Gasteiger charge is -2.24. The number of carbonyl (C=O) groups excluding carboxylic acids is 1. The maximum absolute atomic E-state index is 15.3. The van der Waals surface area contributed by atoms with E-state index in [1.807, 2.05) is 26.0 Å². The molecule has 4 aromatic rings. The molecule has 1 aliphatic heterocycles. The van der Waals surface area contributed by atoms with E-state index in [9.17, 15) is 9.59 Å². The van der Waals surface area contributed by atoms with Gasteiger partial charge in [-0.25, -0.2) is 9.37 Å². The van der Waals surface area contributed by atoms with Crippen molar-refractivity contribution in [2.75, 3.05) is 10.6 Å². The zero-order valence-corrected chi connectivity index (χ0v) is 25.3. The van der Waals surface area contributed by atoms with Crippen LogP contribution in [0, 0.1) is 17.7 Å². The summed E-state index contributed by atoms with van der Waals surface area (Å²) >= 11 is 11.8. The van der Waals surface area contributed by atoms with Crippen LogP contribution in [0.1, 0.15) is 44.8 Å². The molecule has 2 unspecified atom stereocenters. The van der Waals surface area contributed by atoms with Crippen LogP contribution in [0.25, 0.3) is 22.5 Å². The van der Waals surface area contributed by atoms with Gasteiger partial charge in [-0.15, -0.1) is 0 Å². The number of hydrogen-bond donors (Lipinski definition) is 3. The Labute approximate surface area is 257 Å². The molecule has 5 rings (SSSR count). The first kappa shape index (κ1) is 30.2. The highest BCUT2D eigenvalue weighted by Crippen LogP contribution is 2.35. The summed E-state index contributed by atoms with van der Waals surface area (Å²) in [6.07, 6.45) is 7.75. The Kier molecular flexibility index (Phi) is 8.84. The average Bonchev–Trinajstić information content (AvgIpc) is 3.32. The van der Waals surface area contributed by atoms with Gasteiger partial charge in [-0.3, -0.25) is 23.8 Å². The van der Waals surface area contributed by atoms with Crippen molar-refractivity contribution in [2.45, 2.75) is 39.2 Å². The van der Waals surface area contributed by atoms with Crippen molar-refractivity contribution < 1.29 is 9.18 Å². The Morgan fingerprint density at radius 1 is 1.21 bits per heavy atom. The molecule has 10 nitrogen and oxygen atoms in total. The fraction of sp³-hybridized carbons (Fsp3) is 0.300. The maximum atomic E-state index is 15.3. The van der Waals surface area contributed by atoms with Crippen molar-refractivity contribution in [2.24, 2.45) is 24.6 Å². The number of pyridine rings is 1. The van der Waals surface area contributed by atoms with Crippen LogP contribution in [-0.2, 0) is 11.8 Å². The van der Waals surface area contributed by atoms with Gasteiger partial charge in [0.05, 0.1) is 57.6 Å². The van der Waals surface area contributed by atoms with Crippen molar-refractivity contribution in [3.8, 4) is 22.5 Å². The van der Waals surface area contributed by atoms with E-state index in [0.717, 1.165) is 11.3 Å². The molecule has 0 saturated heterocycles. The zero-order valence-electron chi connectivity index (χ0n) is 23.8. The second-order valence-electron chi connectivity index (χ2n) is 10.8. The number of nitrogens with two attached hydrogens (primary N) is 1. The SMILES string of the molecule is CC(C)C1CCCC(n2cnc(-c3c(N/C=C(\N)Cl)ccc(Cl)c3F)cc2=O)c2cc(ccn2)-c2c(cnn2C)NC1=O. The Morgan fingerprint density at radius 2 is 2.00 bits per heavy atom. The molecule has 0 fully saturated rings. The summed E-state index contributed by atoms with van der Waals surface area (Å²) in [7, 11) is 1.80. The molecule has 13 heteroatoms. The van der Waals surface area contributed by atoms with Gasteiger partial charge < -0.3 is 16.4 Å². The Bertz CT molecular complexity index is 1760. The van der Waals surface area contributed by atoms with Crippen LogP contribution in [0.15, 0.2) is 65.2 Å². The lowest BCUT2D eigenvalue weighted by Crippen LogP contribution is -2.29. The van der Waals surface area contributed by atoms with Crippen molar-refractivity contribution in [1.29, 1.82) is 0 Å². The predicted octanol–water partition coefficient (Wildman–Crippen LogP) is 5.89. The smallest absolute Gasteiger partial charge is 0.254 e. The van der Waals surface area contributed by atoms with Gasteiger partial charge in [0.25, 0.3) is 5.56 Å². The summed E-state index contributed by atoms with van der Waals surface area (Å²) < 4.78 is 18.4. The van der Waals surface area contributed by atoms with Crippen LogP contribution >= 0.6 is 23.2 Å². The first-order valence-electron chi connectivity index (χ1n) is 13.8. The van der Waals surface area contributed by atoms with E-state index in [1.54, 1.807) is 30.2 Å². The zero-order chi connectivity index (χ0) is 30.8. The minimum Gasteiger partial charge on any atom is -0.388 e. The number of amides is 1. The fourth-order valence-electron chi connectivity index (χ4n) is 5.45. The third kappa shape index (κ3) is 6.28. The first-order chi connectivity index (χ1) is 20.5. The van der Waals surface area contributed by atoms with E-state index in [1.165, 1.54) is 29.2 Å². The molecule has 2 atom stereocenters. The maximum Gasteiger partial charge on any atom is 0.254 e. The Hall–Kier alpha value is -4.22. The highest BCUT2D eigenvalue weighted by Gasteiger charge is 2.27. The molecule has 4 heterocycles. The summed E-state index contributed by atoms with van der Waals surface area (Å²) in [6.45, 7) is 4.04. The predicted molar refractivity (Wildman–Crippen MR) is 166 cm³/mol. The number of rotatable bonds is 5.